The monoisotopic (exact) mass is 275 g/mol. The largest absolute Gasteiger partial charge is 0.481 e. The Kier molecular flexibility index (Phi) is 4.77. The van der Waals surface area contributed by atoms with Crippen molar-refractivity contribution in [1.82, 2.24) is 4.90 Å². The van der Waals surface area contributed by atoms with Crippen molar-refractivity contribution in [3.05, 3.63) is 35.9 Å². The molecule has 0 spiro atoms. The minimum absolute atomic E-state index is 0.0623. The van der Waals surface area contributed by atoms with Crippen LogP contribution in [0.1, 0.15) is 31.7 Å². The predicted molar refractivity (Wildman–Crippen MR) is 76.3 cm³/mol. The van der Waals surface area contributed by atoms with Crippen LogP contribution in [0.3, 0.4) is 0 Å². The highest BCUT2D eigenvalue weighted by atomic mass is 16.4. The van der Waals surface area contributed by atoms with Crippen molar-refractivity contribution in [1.29, 1.82) is 0 Å². The van der Waals surface area contributed by atoms with Gasteiger partial charge in [-0.3, -0.25) is 9.59 Å². The first-order valence-corrected chi connectivity index (χ1v) is 7.16. The number of hydrogen-bond acceptors (Lipinski definition) is 2. The number of carboxylic acids is 1. The lowest BCUT2D eigenvalue weighted by Gasteiger charge is -2.37. The predicted octanol–water partition coefficient (Wildman–Crippen LogP) is 2.33. The SMILES string of the molecule is C[C@@H]1[C@H](C(=O)O)CCCN1C(=O)CCc1ccccc1. The van der Waals surface area contributed by atoms with Crippen LogP contribution in [0.15, 0.2) is 30.3 Å². The van der Waals surface area contributed by atoms with Crippen LogP contribution in [0.25, 0.3) is 0 Å². The molecule has 1 amide bonds. The molecular weight excluding hydrogens is 254 g/mol. The molecule has 1 aliphatic heterocycles. The topological polar surface area (TPSA) is 57.6 Å². The maximum Gasteiger partial charge on any atom is 0.308 e. The molecular formula is C16H21NO3. The lowest BCUT2D eigenvalue weighted by atomic mass is 9.90. The lowest BCUT2D eigenvalue weighted by molar-refractivity contribution is -0.149. The minimum Gasteiger partial charge on any atom is -0.481 e. The fourth-order valence-corrected chi connectivity index (χ4v) is 2.86. The van der Waals surface area contributed by atoms with E-state index in [1.807, 2.05) is 37.3 Å². The minimum atomic E-state index is -0.793. The van der Waals surface area contributed by atoms with Gasteiger partial charge in [-0.15, -0.1) is 0 Å². The summed E-state index contributed by atoms with van der Waals surface area (Å²) in [5.74, 6) is -1.16. The molecule has 0 aromatic heterocycles. The Labute approximate surface area is 119 Å². The van der Waals surface area contributed by atoms with Crippen LogP contribution in [-0.2, 0) is 16.0 Å². The van der Waals surface area contributed by atoms with Crippen LogP contribution in [0.2, 0.25) is 0 Å². The van der Waals surface area contributed by atoms with Crippen LogP contribution >= 0.6 is 0 Å². The molecule has 1 N–H and O–H groups in total. The van der Waals surface area contributed by atoms with E-state index in [9.17, 15) is 14.7 Å². The number of nitrogens with zero attached hydrogens (tertiary/aromatic N) is 1. The summed E-state index contributed by atoms with van der Waals surface area (Å²) in [6.07, 6.45) is 2.60. The number of rotatable bonds is 4. The molecule has 0 unspecified atom stereocenters. The fourth-order valence-electron chi connectivity index (χ4n) is 2.86. The standard InChI is InChI=1S/C16H21NO3/c1-12-14(16(19)20)8-5-11-17(12)15(18)10-9-13-6-3-2-4-7-13/h2-4,6-7,12,14H,5,8-11H2,1H3,(H,19,20)/t12-,14-/m1/s1. The van der Waals surface area contributed by atoms with E-state index in [1.54, 1.807) is 4.90 Å². The van der Waals surface area contributed by atoms with Gasteiger partial charge in [0.25, 0.3) is 0 Å². The van der Waals surface area contributed by atoms with Crippen LogP contribution in [0, 0.1) is 5.92 Å². The second kappa shape index (κ2) is 6.55. The van der Waals surface area contributed by atoms with E-state index < -0.39 is 11.9 Å². The van der Waals surface area contributed by atoms with Gasteiger partial charge in [-0.25, -0.2) is 0 Å². The highest BCUT2D eigenvalue weighted by Crippen LogP contribution is 2.24. The number of carbonyl (C=O) groups is 2. The maximum absolute atomic E-state index is 12.3. The second-order valence-corrected chi connectivity index (χ2v) is 5.40. The van der Waals surface area contributed by atoms with Crippen molar-refractivity contribution < 1.29 is 14.7 Å². The number of hydrogen-bond donors (Lipinski definition) is 1. The molecule has 1 aromatic carbocycles. The van der Waals surface area contributed by atoms with Crippen molar-refractivity contribution in [3.8, 4) is 0 Å². The summed E-state index contributed by atoms with van der Waals surface area (Å²) in [5.41, 5.74) is 1.14. The quantitative estimate of drug-likeness (QED) is 0.917. The Morgan fingerprint density at radius 1 is 1.30 bits per heavy atom. The first-order chi connectivity index (χ1) is 9.59. The highest BCUT2D eigenvalue weighted by Gasteiger charge is 2.34. The molecule has 0 saturated carbocycles. The number of carbonyl (C=O) groups excluding carboxylic acids is 1. The fraction of sp³-hybridized carbons (Fsp3) is 0.500. The van der Waals surface area contributed by atoms with Gasteiger partial charge in [-0.1, -0.05) is 30.3 Å². The normalized spacial score (nSPS) is 22.6. The average molecular weight is 275 g/mol. The molecule has 0 aliphatic carbocycles. The molecule has 0 bridgehead atoms. The van der Waals surface area contributed by atoms with Gasteiger partial charge in [0.15, 0.2) is 0 Å². The first-order valence-electron chi connectivity index (χ1n) is 7.16. The Hall–Kier alpha value is -1.84. The number of benzene rings is 1. The van der Waals surface area contributed by atoms with Crippen LogP contribution in [0.4, 0.5) is 0 Å². The van der Waals surface area contributed by atoms with Crippen LogP contribution in [0.5, 0.6) is 0 Å². The summed E-state index contributed by atoms with van der Waals surface area (Å²) in [4.78, 5) is 25.2. The molecule has 1 aromatic rings. The summed E-state index contributed by atoms with van der Waals surface area (Å²) in [6, 6.07) is 9.69. The molecule has 4 nitrogen and oxygen atoms in total. The van der Waals surface area contributed by atoms with E-state index in [1.165, 1.54) is 0 Å². The van der Waals surface area contributed by atoms with Crippen molar-refractivity contribution in [2.24, 2.45) is 5.92 Å². The molecule has 1 aliphatic rings. The van der Waals surface area contributed by atoms with E-state index >= 15 is 0 Å². The summed E-state index contributed by atoms with van der Waals surface area (Å²) in [7, 11) is 0. The van der Waals surface area contributed by atoms with Gasteiger partial charge in [-0.2, -0.15) is 0 Å². The second-order valence-electron chi connectivity index (χ2n) is 5.40. The molecule has 1 saturated heterocycles. The number of carboxylic acid groups (broad SMARTS) is 1. The van der Waals surface area contributed by atoms with Gasteiger partial charge < -0.3 is 10.0 Å². The Balaban J connectivity index is 1.93. The summed E-state index contributed by atoms with van der Waals surface area (Å²) >= 11 is 0. The number of aryl methyl sites for hydroxylation is 1. The van der Waals surface area contributed by atoms with Gasteiger partial charge in [0.1, 0.15) is 0 Å². The Morgan fingerprint density at radius 2 is 2.00 bits per heavy atom. The molecule has 2 rings (SSSR count). The molecule has 20 heavy (non-hydrogen) atoms. The Morgan fingerprint density at radius 3 is 2.65 bits per heavy atom. The molecule has 108 valence electrons. The van der Waals surface area contributed by atoms with Gasteiger partial charge in [0.2, 0.25) is 5.91 Å². The molecule has 0 radical (unpaired) electrons. The maximum atomic E-state index is 12.3. The van der Waals surface area contributed by atoms with E-state index in [0.29, 0.717) is 25.8 Å². The smallest absolute Gasteiger partial charge is 0.308 e. The summed E-state index contributed by atoms with van der Waals surface area (Å²) in [6.45, 7) is 2.52. The average Bonchev–Trinajstić information content (AvgIpc) is 2.46. The number of likely N-dealkylation sites (tertiary alicyclic amines) is 1. The highest BCUT2D eigenvalue weighted by molar-refractivity contribution is 5.79. The number of piperidine rings is 1. The zero-order valence-electron chi connectivity index (χ0n) is 11.8. The summed E-state index contributed by atoms with van der Waals surface area (Å²) < 4.78 is 0. The molecule has 2 atom stereocenters. The molecule has 1 fully saturated rings. The van der Waals surface area contributed by atoms with Gasteiger partial charge >= 0.3 is 5.97 Å². The lowest BCUT2D eigenvalue weighted by Crippen LogP contribution is -2.49. The van der Waals surface area contributed by atoms with Crippen molar-refractivity contribution in [2.45, 2.75) is 38.6 Å². The third-order valence-corrected chi connectivity index (χ3v) is 4.10. The van der Waals surface area contributed by atoms with E-state index in [4.69, 9.17) is 0 Å². The van der Waals surface area contributed by atoms with E-state index in [-0.39, 0.29) is 11.9 Å². The van der Waals surface area contributed by atoms with Crippen molar-refractivity contribution >= 4 is 11.9 Å². The molecule has 1 heterocycles. The third kappa shape index (κ3) is 3.38. The van der Waals surface area contributed by atoms with Crippen molar-refractivity contribution in [2.75, 3.05) is 6.54 Å². The molecule has 4 heteroatoms. The van der Waals surface area contributed by atoms with Crippen LogP contribution < -0.4 is 0 Å². The number of amides is 1. The summed E-state index contributed by atoms with van der Waals surface area (Å²) in [5, 5.41) is 9.18. The van der Waals surface area contributed by atoms with Gasteiger partial charge in [-0.05, 0) is 31.7 Å². The van der Waals surface area contributed by atoms with E-state index in [2.05, 4.69) is 0 Å². The zero-order chi connectivity index (χ0) is 14.5. The van der Waals surface area contributed by atoms with Crippen molar-refractivity contribution in [3.63, 3.8) is 0 Å². The zero-order valence-corrected chi connectivity index (χ0v) is 11.8. The van der Waals surface area contributed by atoms with Gasteiger partial charge in [0, 0.05) is 19.0 Å². The Bertz CT molecular complexity index is 472. The third-order valence-electron chi connectivity index (χ3n) is 4.10. The number of aliphatic carboxylic acids is 1. The van der Waals surface area contributed by atoms with Gasteiger partial charge in [0.05, 0.1) is 5.92 Å². The van der Waals surface area contributed by atoms with E-state index in [0.717, 1.165) is 12.0 Å². The van der Waals surface area contributed by atoms with Crippen LogP contribution in [-0.4, -0.2) is 34.5 Å². The first kappa shape index (κ1) is 14.6.